The van der Waals surface area contributed by atoms with Crippen LogP contribution in [0.4, 0.5) is 5.69 Å². The number of hydrogen-bond donors (Lipinski definition) is 3. The number of nitrogens with zero attached hydrogens (tertiary/aromatic N) is 2. The van der Waals surface area contributed by atoms with Gasteiger partial charge in [0.05, 0.1) is 23.5 Å². The molecule has 0 saturated heterocycles. The number of aromatic nitrogens is 2. The van der Waals surface area contributed by atoms with Crippen molar-refractivity contribution in [1.82, 2.24) is 20.6 Å². The van der Waals surface area contributed by atoms with Crippen molar-refractivity contribution in [1.29, 1.82) is 0 Å². The van der Waals surface area contributed by atoms with Crippen molar-refractivity contribution >= 4 is 46.3 Å². The van der Waals surface area contributed by atoms with Gasteiger partial charge in [-0.15, -0.1) is 6.42 Å². The van der Waals surface area contributed by atoms with Crippen LogP contribution in [0.1, 0.15) is 128 Å². The molecule has 1 heterocycles. The molecule has 0 fully saturated rings. The van der Waals surface area contributed by atoms with Crippen LogP contribution < -0.4 is 21.1 Å². The maximum atomic E-state index is 13.6. The lowest BCUT2D eigenvalue weighted by molar-refractivity contribution is -0.161. The predicted molar refractivity (Wildman–Crippen MR) is 226 cm³/mol. The topological polar surface area (TPSA) is 195 Å². The Hall–Kier alpha value is -5.75. The summed E-state index contributed by atoms with van der Waals surface area (Å²) >= 11 is 0. The molecule has 2 amide bonds. The van der Waals surface area contributed by atoms with E-state index >= 15 is 0 Å². The molecular formula is C45H59N5O10. The van der Waals surface area contributed by atoms with Crippen molar-refractivity contribution in [2.75, 3.05) is 18.6 Å². The number of ether oxygens (including phenoxy) is 4. The SMILES string of the molecule is C#CCN(c1ccc(C(=O)N[C@@H](CCC(=O)N[C@H](CCC(=O)OC(C)(C)C)C(=O)OC(C)(C)C)C(=O)OC(C)(C)C)cc1)C1CCc2cc3nc(COC)[nH]c(=O)c3cc21. The van der Waals surface area contributed by atoms with E-state index in [2.05, 4.69) is 26.5 Å². The van der Waals surface area contributed by atoms with Crippen LogP contribution in [0, 0.1) is 12.3 Å². The number of nitrogens with one attached hydrogen (secondary N) is 3. The monoisotopic (exact) mass is 829 g/mol. The fraction of sp³-hybridized carbons (Fsp3) is 0.533. The summed E-state index contributed by atoms with van der Waals surface area (Å²) in [4.78, 5) is 88.2. The highest BCUT2D eigenvalue weighted by atomic mass is 16.6. The highest BCUT2D eigenvalue weighted by Crippen LogP contribution is 2.39. The van der Waals surface area contributed by atoms with Crippen LogP contribution in [0.25, 0.3) is 10.9 Å². The van der Waals surface area contributed by atoms with Gasteiger partial charge >= 0.3 is 17.9 Å². The lowest BCUT2D eigenvalue weighted by atomic mass is 10.0. The molecule has 1 aromatic heterocycles. The number of hydrogen-bond acceptors (Lipinski definition) is 12. The molecule has 0 aliphatic heterocycles. The molecule has 1 aliphatic carbocycles. The standard InChI is InChI=1S/C45H59N5O10/c1-12-23-50(35-20-15-28-24-34-31(25-30(28)35)40(54)49-36(46-34)26-57-11)29-16-13-27(14-17-29)39(53)48-33(42(56)60-45(8,9)10)18-21-37(51)47-32(41(55)59-44(5,6)7)19-22-38(52)58-43(2,3)4/h1,13-14,16-17,24-25,32-33,35H,15,18-23,26H2,2-11H3,(H,47,51)(H,48,53)(H,46,49,54)/t32-,33+,35?/m1/s1. The molecule has 4 rings (SSSR count). The Morgan fingerprint density at radius 1 is 0.867 bits per heavy atom. The average Bonchev–Trinajstić information content (AvgIpc) is 3.53. The van der Waals surface area contributed by atoms with E-state index in [-0.39, 0.29) is 56.0 Å². The van der Waals surface area contributed by atoms with Crippen LogP contribution in [0.15, 0.2) is 41.2 Å². The Balaban J connectivity index is 1.49. The molecule has 3 N–H and O–H groups in total. The largest absolute Gasteiger partial charge is 0.460 e. The lowest BCUT2D eigenvalue weighted by Gasteiger charge is -2.30. The summed E-state index contributed by atoms with van der Waals surface area (Å²) in [6.07, 6.45) is 6.67. The first-order valence-electron chi connectivity index (χ1n) is 20.1. The Morgan fingerprint density at radius 2 is 1.45 bits per heavy atom. The van der Waals surface area contributed by atoms with Gasteiger partial charge in [0, 0.05) is 31.2 Å². The van der Waals surface area contributed by atoms with E-state index in [1.54, 1.807) is 86.6 Å². The van der Waals surface area contributed by atoms with Gasteiger partial charge in [-0.3, -0.25) is 19.2 Å². The quantitative estimate of drug-likeness (QED) is 0.0951. The Kier molecular flexibility index (Phi) is 15.3. The van der Waals surface area contributed by atoms with Gasteiger partial charge in [-0.25, -0.2) is 14.6 Å². The smallest absolute Gasteiger partial charge is 0.329 e. The second-order valence-electron chi connectivity index (χ2n) is 17.8. The zero-order chi connectivity index (χ0) is 44.6. The molecule has 3 aromatic rings. The van der Waals surface area contributed by atoms with Crippen molar-refractivity contribution in [3.05, 3.63) is 69.3 Å². The second-order valence-corrected chi connectivity index (χ2v) is 17.8. The van der Waals surface area contributed by atoms with Gasteiger partial charge in [0.2, 0.25) is 5.91 Å². The number of benzene rings is 2. The van der Waals surface area contributed by atoms with E-state index in [0.717, 1.165) is 29.7 Å². The van der Waals surface area contributed by atoms with Gasteiger partial charge in [0.25, 0.3) is 11.5 Å². The van der Waals surface area contributed by atoms with Gasteiger partial charge < -0.3 is 39.5 Å². The van der Waals surface area contributed by atoms with Crippen molar-refractivity contribution < 1.29 is 42.9 Å². The molecule has 0 saturated carbocycles. The van der Waals surface area contributed by atoms with Crippen molar-refractivity contribution in [2.45, 2.75) is 142 Å². The number of fused-ring (bicyclic) bond motifs is 2. The number of rotatable bonds is 16. The Labute approximate surface area is 351 Å². The van der Waals surface area contributed by atoms with E-state index in [1.807, 2.05) is 17.0 Å². The number of carbonyl (C=O) groups excluding carboxylic acids is 5. The molecular weight excluding hydrogens is 771 g/mol. The van der Waals surface area contributed by atoms with Crippen molar-refractivity contribution in [3.63, 3.8) is 0 Å². The third-order valence-electron chi connectivity index (χ3n) is 9.18. The van der Waals surface area contributed by atoms with E-state index in [4.69, 9.17) is 25.4 Å². The van der Waals surface area contributed by atoms with E-state index in [1.165, 1.54) is 7.11 Å². The molecule has 0 bridgehead atoms. The molecule has 1 unspecified atom stereocenters. The summed E-state index contributed by atoms with van der Waals surface area (Å²) in [5.74, 6) is -0.0181. The normalized spacial score (nSPS) is 14.9. The highest BCUT2D eigenvalue weighted by molar-refractivity contribution is 5.97. The number of aryl methyl sites for hydroxylation is 1. The first-order chi connectivity index (χ1) is 28.0. The summed E-state index contributed by atoms with van der Waals surface area (Å²) in [5.41, 5.74) is 0.871. The maximum absolute atomic E-state index is 13.6. The molecule has 0 radical (unpaired) electrons. The van der Waals surface area contributed by atoms with Crippen LogP contribution >= 0.6 is 0 Å². The Bertz CT molecular complexity index is 2150. The fourth-order valence-corrected chi connectivity index (χ4v) is 6.76. The average molecular weight is 830 g/mol. The van der Waals surface area contributed by atoms with Crippen LogP contribution in [-0.2, 0) is 51.2 Å². The summed E-state index contributed by atoms with van der Waals surface area (Å²) in [6.45, 7) is 15.7. The van der Waals surface area contributed by atoms with Gasteiger partial charge in [0.1, 0.15) is 41.3 Å². The van der Waals surface area contributed by atoms with Crippen LogP contribution in [-0.4, -0.2) is 82.2 Å². The number of terminal acetylenes is 1. The molecule has 2 aromatic carbocycles. The number of methoxy groups -OCH3 is 1. The zero-order valence-electron chi connectivity index (χ0n) is 36.4. The van der Waals surface area contributed by atoms with Gasteiger partial charge in [-0.2, -0.15) is 0 Å². The molecule has 60 heavy (non-hydrogen) atoms. The Morgan fingerprint density at radius 3 is 2.02 bits per heavy atom. The van der Waals surface area contributed by atoms with Gasteiger partial charge in [-0.1, -0.05) is 5.92 Å². The lowest BCUT2D eigenvalue weighted by Crippen LogP contribution is -2.47. The third kappa shape index (κ3) is 13.7. The molecule has 1 aliphatic rings. The zero-order valence-corrected chi connectivity index (χ0v) is 36.4. The minimum Gasteiger partial charge on any atom is -0.460 e. The first-order valence-corrected chi connectivity index (χ1v) is 20.1. The first kappa shape index (κ1) is 46.9. The molecule has 15 heteroatoms. The van der Waals surface area contributed by atoms with Gasteiger partial charge in [0.15, 0.2) is 0 Å². The number of anilines is 1. The molecule has 0 spiro atoms. The van der Waals surface area contributed by atoms with Crippen molar-refractivity contribution in [2.24, 2.45) is 0 Å². The number of amides is 2. The molecule has 324 valence electrons. The minimum absolute atomic E-state index is 0.0753. The molecule has 3 atom stereocenters. The van der Waals surface area contributed by atoms with Crippen LogP contribution in [0.5, 0.6) is 0 Å². The summed E-state index contributed by atoms with van der Waals surface area (Å²) < 4.78 is 21.6. The predicted octanol–water partition coefficient (Wildman–Crippen LogP) is 5.37. The van der Waals surface area contributed by atoms with Crippen LogP contribution in [0.2, 0.25) is 0 Å². The van der Waals surface area contributed by atoms with Crippen LogP contribution in [0.3, 0.4) is 0 Å². The van der Waals surface area contributed by atoms with E-state index < -0.39 is 58.6 Å². The van der Waals surface area contributed by atoms with Gasteiger partial charge in [-0.05, 0) is 136 Å². The third-order valence-corrected chi connectivity index (χ3v) is 9.18. The summed E-state index contributed by atoms with van der Waals surface area (Å²) in [7, 11) is 1.54. The molecule has 15 nitrogen and oxygen atoms in total. The highest BCUT2D eigenvalue weighted by Gasteiger charge is 2.32. The summed E-state index contributed by atoms with van der Waals surface area (Å²) in [5, 5.41) is 5.81. The number of H-pyrrole nitrogens is 1. The number of esters is 3. The van der Waals surface area contributed by atoms with Crippen molar-refractivity contribution in [3.8, 4) is 12.3 Å². The number of carbonyl (C=O) groups is 5. The number of aromatic amines is 1. The fourth-order valence-electron chi connectivity index (χ4n) is 6.76. The minimum atomic E-state index is -1.23. The second kappa shape index (κ2) is 19.5. The van der Waals surface area contributed by atoms with E-state index in [0.29, 0.717) is 16.7 Å². The van der Waals surface area contributed by atoms with E-state index in [9.17, 15) is 28.8 Å². The summed E-state index contributed by atoms with van der Waals surface area (Å²) in [6, 6.07) is 8.03. The maximum Gasteiger partial charge on any atom is 0.329 e.